The first-order chi connectivity index (χ1) is 14.4. The van der Waals surface area contributed by atoms with Gasteiger partial charge in [-0.25, -0.2) is 9.97 Å². The molecule has 1 amide bonds. The number of hydrogen-bond acceptors (Lipinski definition) is 8. The highest BCUT2D eigenvalue weighted by atomic mass is 32.2. The van der Waals surface area contributed by atoms with Crippen molar-refractivity contribution in [3.8, 4) is 5.75 Å². The standard InChI is InChI=1S/C21H24N4O3S2/c1-5-29-20-22-17(24-25-18(26)12-6-8-13(27-4)9-7-12)16-14-10-21(2,3)28-11-15(14)30-19(16)23-20/h6-9H,5,10-11H2,1-4H3,(H,25,26)(H,22,23,24). The lowest BCUT2D eigenvalue weighted by molar-refractivity contribution is -0.0379. The molecule has 7 nitrogen and oxygen atoms in total. The van der Waals surface area contributed by atoms with Crippen molar-refractivity contribution in [1.82, 2.24) is 15.4 Å². The van der Waals surface area contributed by atoms with Crippen LogP contribution in [0, 0.1) is 0 Å². The molecule has 0 bridgehead atoms. The SMILES string of the molecule is CCSc1nc(NNC(=O)c2ccc(OC)cc2)c2c3c(sc2n1)COC(C)(C)C3. The van der Waals surface area contributed by atoms with Gasteiger partial charge in [-0.2, -0.15) is 0 Å². The van der Waals surface area contributed by atoms with E-state index in [2.05, 4.69) is 36.6 Å². The van der Waals surface area contributed by atoms with Crippen LogP contribution in [0.3, 0.4) is 0 Å². The Balaban J connectivity index is 1.66. The van der Waals surface area contributed by atoms with E-state index in [-0.39, 0.29) is 11.5 Å². The number of benzene rings is 1. The third kappa shape index (κ3) is 4.23. The number of nitrogens with one attached hydrogen (secondary N) is 2. The molecule has 3 heterocycles. The van der Waals surface area contributed by atoms with Crippen molar-refractivity contribution >= 4 is 45.0 Å². The summed E-state index contributed by atoms with van der Waals surface area (Å²) in [6.45, 7) is 6.80. The van der Waals surface area contributed by atoms with Crippen molar-refractivity contribution in [2.75, 3.05) is 18.3 Å². The van der Waals surface area contributed by atoms with Crippen LogP contribution in [0.2, 0.25) is 0 Å². The van der Waals surface area contributed by atoms with Gasteiger partial charge in [-0.15, -0.1) is 11.3 Å². The Morgan fingerprint density at radius 3 is 2.77 bits per heavy atom. The zero-order valence-corrected chi connectivity index (χ0v) is 19.0. The molecule has 9 heteroatoms. The zero-order valence-electron chi connectivity index (χ0n) is 17.4. The van der Waals surface area contributed by atoms with Crippen LogP contribution in [0.15, 0.2) is 29.4 Å². The van der Waals surface area contributed by atoms with Crippen molar-refractivity contribution in [3.05, 3.63) is 40.3 Å². The van der Waals surface area contributed by atoms with E-state index in [1.807, 2.05) is 0 Å². The van der Waals surface area contributed by atoms with Crippen molar-refractivity contribution in [2.45, 2.75) is 44.6 Å². The molecule has 0 aliphatic carbocycles. The summed E-state index contributed by atoms with van der Waals surface area (Å²) in [6.07, 6.45) is 0.771. The van der Waals surface area contributed by atoms with Crippen LogP contribution in [0.5, 0.6) is 5.75 Å². The van der Waals surface area contributed by atoms with Crippen molar-refractivity contribution in [1.29, 1.82) is 0 Å². The summed E-state index contributed by atoms with van der Waals surface area (Å²) in [5.74, 6) is 1.94. The minimum absolute atomic E-state index is 0.248. The summed E-state index contributed by atoms with van der Waals surface area (Å²) in [5, 5.41) is 1.65. The number of ether oxygens (including phenoxy) is 2. The summed E-state index contributed by atoms with van der Waals surface area (Å²) in [4.78, 5) is 24.1. The quantitative estimate of drug-likeness (QED) is 0.331. The minimum atomic E-state index is -0.249. The fourth-order valence-electron chi connectivity index (χ4n) is 3.34. The number of amides is 1. The second-order valence-electron chi connectivity index (χ2n) is 7.50. The molecule has 0 atom stereocenters. The number of thioether (sulfide) groups is 1. The Kier molecular flexibility index (Phi) is 5.86. The number of aromatic nitrogens is 2. The summed E-state index contributed by atoms with van der Waals surface area (Å²) in [5.41, 5.74) is 7.30. The predicted octanol–water partition coefficient (Wildman–Crippen LogP) is 4.42. The van der Waals surface area contributed by atoms with E-state index in [1.54, 1.807) is 54.5 Å². The number of carbonyl (C=O) groups excluding carboxylic acids is 1. The van der Waals surface area contributed by atoms with E-state index in [0.717, 1.165) is 22.4 Å². The van der Waals surface area contributed by atoms with Gasteiger partial charge in [0, 0.05) is 16.9 Å². The van der Waals surface area contributed by atoms with Gasteiger partial charge in [0.2, 0.25) is 0 Å². The monoisotopic (exact) mass is 444 g/mol. The number of carbonyl (C=O) groups is 1. The predicted molar refractivity (Wildman–Crippen MR) is 120 cm³/mol. The molecule has 1 aliphatic heterocycles. The van der Waals surface area contributed by atoms with Gasteiger partial charge in [0.1, 0.15) is 10.6 Å². The molecule has 2 N–H and O–H groups in total. The Morgan fingerprint density at radius 1 is 1.30 bits per heavy atom. The lowest BCUT2D eigenvalue weighted by atomic mass is 9.94. The van der Waals surface area contributed by atoms with Gasteiger partial charge in [-0.1, -0.05) is 18.7 Å². The maximum absolute atomic E-state index is 12.6. The van der Waals surface area contributed by atoms with Gasteiger partial charge in [0.25, 0.3) is 5.91 Å². The number of hydrogen-bond donors (Lipinski definition) is 2. The van der Waals surface area contributed by atoms with Gasteiger partial charge in [-0.3, -0.25) is 15.6 Å². The molecule has 0 radical (unpaired) electrons. The number of nitrogens with zero attached hydrogens (tertiary/aromatic N) is 2. The summed E-state index contributed by atoms with van der Waals surface area (Å²) in [7, 11) is 1.59. The Bertz CT molecular complexity index is 1080. The Labute approximate surface area is 183 Å². The number of methoxy groups -OCH3 is 1. The van der Waals surface area contributed by atoms with E-state index in [1.165, 1.54) is 10.4 Å². The number of fused-ring (bicyclic) bond motifs is 3. The molecule has 0 saturated heterocycles. The van der Waals surface area contributed by atoms with Gasteiger partial charge in [0.05, 0.1) is 24.7 Å². The number of thiophene rings is 1. The first kappa shape index (κ1) is 20.9. The zero-order chi connectivity index (χ0) is 21.3. The maximum Gasteiger partial charge on any atom is 0.269 e. The van der Waals surface area contributed by atoms with E-state index in [0.29, 0.717) is 28.9 Å². The van der Waals surface area contributed by atoms with Gasteiger partial charge < -0.3 is 9.47 Å². The lowest BCUT2D eigenvalue weighted by Crippen LogP contribution is -2.32. The summed E-state index contributed by atoms with van der Waals surface area (Å²) in [6, 6.07) is 6.95. The third-order valence-electron chi connectivity index (χ3n) is 4.83. The third-order valence-corrected chi connectivity index (χ3v) is 6.66. The number of hydrazine groups is 1. The molecule has 1 aliphatic rings. The second-order valence-corrected chi connectivity index (χ2v) is 9.82. The lowest BCUT2D eigenvalue weighted by Gasteiger charge is -2.30. The van der Waals surface area contributed by atoms with Crippen LogP contribution in [0.1, 0.15) is 41.6 Å². The Morgan fingerprint density at radius 2 is 2.07 bits per heavy atom. The van der Waals surface area contributed by atoms with E-state index in [9.17, 15) is 4.79 Å². The number of anilines is 1. The van der Waals surface area contributed by atoms with Crippen LogP contribution in [-0.2, 0) is 17.8 Å². The van der Waals surface area contributed by atoms with Crippen molar-refractivity contribution in [2.24, 2.45) is 0 Å². The Hall–Kier alpha value is -2.36. The van der Waals surface area contributed by atoms with Gasteiger partial charge in [0.15, 0.2) is 11.0 Å². The van der Waals surface area contributed by atoms with Crippen LogP contribution in [-0.4, -0.2) is 34.3 Å². The highest BCUT2D eigenvalue weighted by molar-refractivity contribution is 7.99. The van der Waals surface area contributed by atoms with Crippen LogP contribution in [0.4, 0.5) is 5.82 Å². The van der Waals surface area contributed by atoms with Crippen molar-refractivity contribution < 1.29 is 14.3 Å². The number of rotatable bonds is 6. The van der Waals surface area contributed by atoms with Crippen LogP contribution >= 0.6 is 23.1 Å². The van der Waals surface area contributed by atoms with Crippen LogP contribution in [0.25, 0.3) is 10.2 Å². The average Bonchev–Trinajstić information content (AvgIpc) is 3.08. The van der Waals surface area contributed by atoms with Gasteiger partial charge >= 0.3 is 0 Å². The maximum atomic E-state index is 12.6. The molecule has 3 aromatic rings. The fourth-order valence-corrected chi connectivity index (χ4v) is 5.07. The van der Waals surface area contributed by atoms with Gasteiger partial charge in [-0.05, 0) is 49.4 Å². The smallest absolute Gasteiger partial charge is 0.269 e. The largest absolute Gasteiger partial charge is 0.497 e. The molecule has 2 aromatic heterocycles. The fraction of sp³-hybridized carbons (Fsp3) is 0.381. The highest BCUT2D eigenvalue weighted by Gasteiger charge is 2.31. The molecular weight excluding hydrogens is 420 g/mol. The van der Waals surface area contributed by atoms with Crippen LogP contribution < -0.4 is 15.6 Å². The summed E-state index contributed by atoms with van der Waals surface area (Å²) < 4.78 is 11.1. The van der Waals surface area contributed by atoms with E-state index in [4.69, 9.17) is 14.5 Å². The molecule has 0 unspecified atom stereocenters. The highest BCUT2D eigenvalue weighted by Crippen LogP contribution is 2.41. The molecule has 0 fully saturated rings. The molecule has 0 saturated carbocycles. The molecular formula is C21H24N4O3S2. The molecule has 30 heavy (non-hydrogen) atoms. The van der Waals surface area contributed by atoms with E-state index < -0.39 is 0 Å². The minimum Gasteiger partial charge on any atom is -0.497 e. The normalized spacial score (nSPS) is 14.9. The second kappa shape index (κ2) is 8.41. The first-order valence-electron chi connectivity index (χ1n) is 9.69. The molecule has 158 valence electrons. The molecule has 1 aromatic carbocycles. The van der Waals surface area contributed by atoms with Crippen molar-refractivity contribution in [3.63, 3.8) is 0 Å². The van der Waals surface area contributed by atoms with E-state index >= 15 is 0 Å². The summed E-state index contributed by atoms with van der Waals surface area (Å²) >= 11 is 3.20. The first-order valence-corrected chi connectivity index (χ1v) is 11.5. The topological polar surface area (TPSA) is 85.4 Å². The average molecular weight is 445 g/mol. The molecule has 0 spiro atoms. The molecule has 4 rings (SSSR count).